The maximum Gasteiger partial charge on any atom is 0.255 e. The number of piperidine rings is 1. The van der Waals surface area contributed by atoms with E-state index < -0.39 is 11.7 Å². The van der Waals surface area contributed by atoms with Crippen LogP contribution < -0.4 is 5.32 Å². The van der Waals surface area contributed by atoms with Crippen molar-refractivity contribution in [2.24, 2.45) is 0 Å². The molecule has 26 heavy (non-hydrogen) atoms. The normalized spacial score (nSPS) is 14.9. The number of carbonyl (C=O) groups is 2. The third-order valence-corrected chi connectivity index (χ3v) is 4.72. The lowest BCUT2D eigenvalue weighted by atomic mass is 10.0. The molecule has 2 aromatic carbocycles. The lowest BCUT2D eigenvalue weighted by Crippen LogP contribution is -2.46. The van der Waals surface area contributed by atoms with Crippen LogP contribution in [0.5, 0.6) is 5.75 Å². The van der Waals surface area contributed by atoms with Crippen molar-refractivity contribution >= 4 is 23.4 Å². The molecule has 2 N–H and O–H groups in total. The van der Waals surface area contributed by atoms with Crippen LogP contribution in [0.4, 0.5) is 4.39 Å². The van der Waals surface area contributed by atoms with Crippen molar-refractivity contribution in [2.45, 2.75) is 18.9 Å². The van der Waals surface area contributed by atoms with Gasteiger partial charge in [0, 0.05) is 24.7 Å². The molecule has 1 saturated heterocycles. The number of nitrogens with one attached hydrogen (secondary N) is 1. The fraction of sp³-hybridized carbons (Fsp3) is 0.263. The van der Waals surface area contributed by atoms with Gasteiger partial charge in [0.15, 0.2) is 0 Å². The van der Waals surface area contributed by atoms with Crippen LogP contribution in [0.2, 0.25) is 5.02 Å². The number of halogens is 2. The van der Waals surface area contributed by atoms with Gasteiger partial charge in [-0.25, -0.2) is 4.39 Å². The predicted octanol–water partition coefficient (Wildman–Crippen LogP) is 3.22. The van der Waals surface area contributed by atoms with Crippen LogP contribution in [-0.4, -0.2) is 41.0 Å². The molecule has 2 amide bonds. The Morgan fingerprint density at radius 2 is 1.85 bits per heavy atom. The quantitative estimate of drug-likeness (QED) is 0.864. The zero-order valence-corrected chi connectivity index (χ0v) is 14.7. The number of carbonyl (C=O) groups excluding carboxylic acids is 2. The van der Waals surface area contributed by atoms with Crippen molar-refractivity contribution in [3.8, 4) is 5.75 Å². The molecule has 0 bridgehead atoms. The van der Waals surface area contributed by atoms with Crippen molar-refractivity contribution in [3.05, 3.63) is 64.4 Å². The Balaban J connectivity index is 1.59. The number of aromatic hydroxyl groups is 1. The van der Waals surface area contributed by atoms with Crippen LogP contribution in [0.3, 0.4) is 0 Å². The van der Waals surface area contributed by atoms with Gasteiger partial charge in [0.2, 0.25) is 0 Å². The fourth-order valence-corrected chi connectivity index (χ4v) is 3.27. The van der Waals surface area contributed by atoms with Gasteiger partial charge in [0.1, 0.15) is 11.6 Å². The number of hydrogen-bond acceptors (Lipinski definition) is 3. The van der Waals surface area contributed by atoms with E-state index in [1.54, 1.807) is 17.0 Å². The maximum absolute atomic E-state index is 13.8. The zero-order chi connectivity index (χ0) is 18.7. The molecule has 0 aromatic heterocycles. The molecule has 136 valence electrons. The molecule has 1 aliphatic rings. The number of benzene rings is 2. The van der Waals surface area contributed by atoms with Crippen LogP contribution in [-0.2, 0) is 0 Å². The Morgan fingerprint density at radius 1 is 1.15 bits per heavy atom. The first-order chi connectivity index (χ1) is 12.5. The summed E-state index contributed by atoms with van der Waals surface area (Å²) in [7, 11) is 0. The Morgan fingerprint density at radius 3 is 2.50 bits per heavy atom. The highest BCUT2D eigenvalue weighted by atomic mass is 35.5. The second-order valence-electron chi connectivity index (χ2n) is 6.19. The maximum atomic E-state index is 13.8. The van der Waals surface area contributed by atoms with Crippen molar-refractivity contribution in [3.63, 3.8) is 0 Å². The molecule has 1 aliphatic heterocycles. The fourth-order valence-electron chi connectivity index (χ4n) is 3.02. The van der Waals surface area contributed by atoms with E-state index in [2.05, 4.69) is 5.32 Å². The van der Waals surface area contributed by atoms with E-state index >= 15 is 0 Å². The highest BCUT2D eigenvalue weighted by Gasteiger charge is 2.26. The second kappa shape index (κ2) is 7.74. The van der Waals surface area contributed by atoms with Gasteiger partial charge >= 0.3 is 0 Å². The standard InChI is InChI=1S/C19H18ClFN2O3/c20-15-5-2-6-16(21)17(15)18(25)22-13-7-9-23(10-8-13)19(26)12-3-1-4-14(24)11-12/h1-6,11,13,24H,7-10H2,(H,22,25). The first-order valence-corrected chi connectivity index (χ1v) is 8.66. The van der Waals surface area contributed by atoms with E-state index in [-0.39, 0.29) is 28.3 Å². The number of rotatable bonds is 3. The Kier molecular flexibility index (Phi) is 5.42. The number of hydrogen-bond donors (Lipinski definition) is 2. The third-order valence-electron chi connectivity index (χ3n) is 4.40. The van der Waals surface area contributed by atoms with Gasteiger partial charge in [0.05, 0.1) is 10.6 Å². The average Bonchev–Trinajstić information content (AvgIpc) is 2.61. The number of phenols is 1. The van der Waals surface area contributed by atoms with Gasteiger partial charge in [-0.3, -0.25) is 9.59 Å². The van der Waals surface area contributed by atoms with Crippen LogP contribution in [0.1, 0.15) is 33.6 Å². The van der Waals surface area contributed by atoms with Gasteiger partial charge in [0.25, 0.3) is 11.8 Å². The molecule has 2 aromatic rings. The van der Waals surface area contributed by atoms with Gasteiger partial charge in [-0.2, -0.15) is 0 Å². The van der Waals surface area contributed by atoms with Crippen LogP contribution in [0.25, 0.3) is 0 Å². The molecule has 0 saturated carbocycles. The molecule has 3 rings (SSSR count). The average molecular weight is 377 g/mol. The summed E-state index contributed by atoms with van der Waals surface area (Å²) >= 11 is 5.91. The van der Waals surface area contributed by atoms with E-state index in [1.807, 2.05) is 0 Å². The van der Waals surface area contributed by atoms with Crippen molar-refractivity contribution < 1.29 is 19.1 Å². The molecule has 0 radical (unpaired) electrons. The van der Waals surface area contributed by atoms with E-state index in [0.717, 1.165) is 0 Å². The molecule has 1 heterocycles. The first-order valence-electron chi connectivity index (χ1n) is 8.29. The van der Waals surface area contributed by atoms with E-state index in [4.69, 9.17) is 11.6 Å². The largest absolute Gasteiger partial charge is 0.508 e. The minimum atomic E-state index is -0.661. The van der Waals surface area contributed by atoms with E-state index in [1.165, 1.54) is 30.3 Å². The van der Waals surface area contributed by atoms with Crippen LogP contribution >= 0.6 is 11.6 Å². The van der Waals surface area contributed by atoms with Crippen LogP contribution in [0, 0.1) is 5.82 Å². The lowest BCUT2D eigenvalue weighted by Gasteiger charge is -2.32. The van der Waals surface area contributed by atoms with Crippen molar-refractivity contribution in [1.29, 1.82) is 0 Å². The first kappa shape index (κ1) is 18.2. The summed E-state index contributed by atoms with van der Waals surface area (Å²) < 4.78 is 13.8. The monoisotopic (exact) mass is 376 g/mol. The van der Waals surface area contributed by atoms with Crippen LogP contribution in [0.15, 0.2) is 42.5 Å². The number of nitrogens with zero attached hydrogens (tertiary/aromatic N) is 1. The Hall–Kier alpha value is -2.60. The SMILES string of the molecule is O=C(NC1CCN(C(=O)c2cccc(O)c2)CC1)c1c(F)cccc1Cl. The summed E-state index contributed by atoms with van der Waals surface area (Å²) in [6, 6.07) is 10.1. The van der Waals surface area contributed by atoms with Gasteiger partial charge in [-0.05, 0) is 43.2 Å². The van der Waals surface area contributed by atoms with Gasteiger partial charge < -0.3 is 15.3 Å². The molecule has 7 heteroatoms. The van der Waals surface area contributed by atoms with Gasteiger partial charge in [-0.1, -0.05) is 23.7 Å². The summed E-state index contributed by atoms with van der Waals surface area (Å²) in [5.41, 5.74) is 0.262. The molecular weight excluding hydrogens is 359 g/mol. The topological polar surface area (TPSA) is 69.6 Å². The van der Waals surface area contributed by atoms with E-state index in [9.17, 15) is 19.1 Å². The minimum Gasteiger partial charge on any atom is -0.508 e. The summed E-state index contributed by atoms with van der Waals surface area (Å²) in [6.07, 6.45) is 1.12. The summed E-state index contributed by atoms with van der Waals surface area (Å²) in [4.78, 5) is 26.4. The van der Waals surface area contributed by atoms with Crippen molar-refractivity contribution in [2.75, 3.05) is 13.1 Å². The predicted molar refractivity (Wildman–Crippen MR) is 95.9 cm³/mol. The molecule has 0 aliphatic carbocycles. The smallest absolute Gasteiger partial charge is 0.255 e. The summed E-state index contributed by atoms with van der Waals surface area (Å²) in [6.45, 7) is 0.925. The number of phenolic OH excluding ortho intramolecular Hbond substituents is 1. The number of amides is 2. The van der Waals surface area contributed by atoms with Gasteiger partial charge in [-0.15, -0.1) is 0 Å². The molecular formula is C19H18ClFN2O3. The minimum absolute atomic E-state index is 0.0414. The summed E-state index contributed by atoms with van der Waals surface area (Å²) in [5, 5.41) is 12.3. The second-order valence-corrected chi connectivity index (χ2v) is 6.59. The van der Waals surface area contributed by atoms with Crippen molar-refractivity contribution in [1.82, 2.24) is 10.2 Å². The van der Waals surface area contributed by atoms with E-state index in [0.29, 0.717) is 31.5 Å². The molecule has 0 spiro atoms. The molecule has 5 nitrogen and oxygen atoms in total. The Bertz CT molecular complexity index is 815. The zero-order valence-electron chi connectivity index (χ0n) is 13.9. The third kappa shape index (κ3) is 3.96. The highest BCUT2D eigenvalue weighted by Crippen LogP contribution is 2.21. The lowest BCUT2D eigenvalue weighted by molar-refractivity contribution is 0.0697. The molecule has 0 unspecified atom stereocenters. The Labute approximate surface area is 155 Å². The summed E-state index contributed by atoms with van der Waals surface area (Å²) in [5.74, 6) is -1.33. The molecule has 0 atom stereocenters. The number of likely N-dealkylation sites (tertiary alicyclic amines) is 1. The molecule has 1 fully saturated rings. The highest BCUT2D eigenvalue weighted by molar-refractivity contribution is 6.33.